The molecule has 6 nitrogen and oxygen atoms in total. The first-order valence-corrected chi connectivity index (χ1v) is 9.34. The van der Waals surface area contributed by atoms with Crippen molar-refractivity contribution in [2.45, 2.75) is 13.5 Å². The van der Waals surface area contributed by atoms with Gasteiger partial charge in [0, 0.05) is 0 Å². The normalized spacial score (nSPS) is 10.5. The van der Waals surface area contributed by atoms with E-state index in [4.69, 9.17) is 40.2 Å². The molecule has 0 saturated heterocycles. The second-order valence-electron chi connectivity index (χ2n) is 5.52. The predicted molar refractivity (Wildman–Crippen MR) is 113 cm³/mol. The minimum atomic E-state index is 0.370. The Labute approximate surface area is 172 Å². The summed E-state index contributed by atoms with van der Waals surface area (Å²) in [4.78, 5) is 4.22. The summed E-state index contributed by atoms with van der Waals surface area (Å²) in [6.07, 6.45) is 1.61. The fourth-order valence-corrected chi connectivity index (χ4v) is 2.88. The average molecular weight is 422 g/mol. The van der Waals surface area contributed by atoms with Crippen LogP contribution < -0.4 is 15.4 Å². The van der Waals surface area contributed by atoms with Gasteiger partial charge >= 0.3 is 0 Å². The Kier molecular flexibility index (Phi) is 6.49. The van der Waals surface area contributed by atoms with Crippen LogP contribution >= 0.6 is 35.4 Å². The molecule has 0 spiro atoms. The first kappa shape index (κ1) is 19.4. The van der Waals surface area contributed by atoms with Gasteiger partial charge in [-0.2, -0.15) is 0 Å². The summed E-state index contributed by atoms with van der Waals surface area (Å²) in [5.74, 6) is 1.11. The summed E-state index contributed by atoms with van der Waals surface area (Å²) in [6, 6.07) is 13.0. The molecule has 2 aromatic carbocycles. The Bertz CT molecular complexity index is 947. The van der Waals surface area contributed by atoms with E-state index in [1.165, 1.54) is 0 Å². The molecule has 0 aliphatic heterocycles. The molecule has 3 aromatic rings. The quantitative estimate of drug-likeness (QED) is 0.555. The lowest BCUT2D eigenvalue weighted by atomic mass is 10.2. The lowest BCUT2D eigenvalue weighted by Gasteiger charge is -2.12. The van der Waals surface area contributed by atoms with Gasteiger partial charge in [0.15, 0.2) is 5.11 Å². The summed E-state index contributed by atoms with van der Waals surface area (Å²) in [5.41, 5.74) is 1.74. The molecule has 0 bridgehead atoms. The molecule has 0 amide bonds. The first-order valence-electron chi connectivity index (χ1n) is 8.18. The summed E-state index contributed by atoms with van der Waals surface area (Å²) >= 11 is 17.3. The number of hydrogen-bond acceptors (Lipinski definition) is 4. The van der Waals surface area contributed by atoms with Crippen LogP contribution in [0.15, 0.2) is 48.8 Å². The Hall–Kier alpha value is -2.35. The lowest BCUT2D eigenvalue weighted by molar-refractivity contribution is 0.342. The number of thiocarbonyl (C=S) groups is 1. The number of aromatic nitrogens is 3. The molecule has 2 N–H and O–H groups in total. The molecule has 0 unspecified atom stereocenters. The Balaban J connectivity index is 1.62. The highest BCUT2D eigenvalue weighted by atomic mass is 35.5. The minimum absolute atomic E-state index is 0.370. The van der Waals surface area contributed by atoms with Crippen LogP contribution in [0.4, 0.5) is 11.6 Å². The van der Waals surface area contributed by atoms with Gasteiger partial charge in [0.1, 0.15) is 12.1 Å². The highest BCUT2D eigenvalue weighted by Crippen LogP contribution is 2.24. The standard InChI is InChI=1S/C18H17Cl2N5OS/c1-2-26-16-6-4-3-5-15(16)22-18(27)23-17-21-11-25(24-17)10-12-7-8-13(19)14(20)9-12/h3-9,11H,2,10H2,1H3,(H2,22,23,24,27). The zero-order valence-corrected chi connectivity index (χ0v) is 16.8. The number of rotatable bonds is 6. The van der Waals surface area contributed by atoms with Crippen LogP contribution in [0.3, 0.4) is 0 Å². The highest BCUT2D eigenvalue weighted by Gasteiger charge is 2.08. The molecular formula is C18H17Cl2N5OS. The monoisotopic (exact) mass is 421 g/mol. The largest absolute Gasteiger partial charge is 0.492 e. The maximum Gasteiger partial charge on any atom is 0.248 e. The number of ether oxygens (including phenoxy) is 1. The van der Waals surface area contributed by atoms with Crippen LogP contribution in [-0.2, 0) is 6.54 Å². The number of nitrogens with one attached hydrogen (secondary N) is 2. The van der Waals surface area contributed by atoms with Gasteiger partial charge in [-0.3, -0.25) is 5.32 Å². The molecule has 0 aliphatic rings. The van der Waals surface area contributed by atoms with Crippen LogP contribution in [-0.4, -0.2) is 26.5 Å². The Morgan fingerprint density at radius 2 is 1.96 bits per heavy atom. The molecule has 0 atom stereocenters. The molecule has 0 radical (unpaired) electrons. The van der Waals surface area contributed by atoms with Crippen LogP contribution in [0.1, 0.15) is 12.5 Å². The second kappa shape index (κ2) is 9.03. The van der Waals surface area contributed by atoms with E-state index < -0.39 is 0 Å². The van der Waals surface area contributed by atoms with Crippen LogP contribution in [0.25, 0.3) is 0 Å². The molecule has 0 saturated carbocycles. The van der Waals surface area contributed by atoms with Gasteiger partial charge in [0.2, 0.25) is 5.95 Å². The molecular weight excluding hydrogens is 405 g/mol. The minimum Gasteiger partial charge on any atom is -0.492 e. The molecule has 140 valence electrons. The van der Waals surface area contributed by atoms with E-state index in [9.17, 15) is 0 Å². The number of halogens is 2. The molecule has 1 heterocycles. The van der Waals surface area contributed by atoms with Crippen molar-refractivity contribution in [3.63, 3.8) is 0 Å². The molecule has 0 fully saturated rings. The summed E-state index contributed by atoms with van der Waals surface area (Å²) < 4.78 is 7.25. The average Bonchev–Trinajstić information content (AvgIpc) is 3.07. The second-order valence-corrected chi connectivity index (χ2v) is 6.75. The van der Waals surface area contributed by atoms with E-state index >= 15 is 0 Å². The van der Waals surface area contributed by atoms with Gasteiger partial charge < -0.3 is 10.1 Å². The van der Waals surface area contributed by atoms with Crippen molar-refractivity contribution < 1.29 is 4.74 Å². The topological polar surface area (TPSA) is 64.0 Å². The van der Waals surface area contributed by atoms with E-state index in [0.717, 1.165) is 17.0 Å². The van der Waals surface area contributed by atoms with E-state index in [0.29, 0.717) is 34.3 Å². The summed E-state index contributed by atoms with van der Waals surface area (Å²) in [6.45, 7) is 3.01. The Morgan fingerprint density at radius 1 is 1.15 bits per heavy atom. The fraction of sp³-hybridized carbons (Fsp3) is 0.167. The van der Waals surface area contributed by atoms with E-state index in [1.807, 2.05) is 37.3 Å². The third-order valence-electron chi connectivity index (χ3n) is 3.53. The fourth-order valence-electron chi connectivity index (χ4n) is 2.36. The van der Waals surface area contributed by atoms with Crippen LogP contribution in [0, 0.1) is 0 Å². The van der Waals surface area contributed by atoms with E-state index in [-0.39, 0.29) is 0 Å². The van der Waals surface area contributed by atoms with Crippen molar-refractivity contribution in [3.05, 3.63) is 64.4 Å². The zero-order chi connectivity index (χ0) is 19.2. The van der Waals surface area contributed by atoms with Crippen molar-refractivity contribution in [1.29, 1.82) is 0 Å². The van der Waals surface area contributed by atoms with Crippen molar-refractivity contribution in [2.75, 3.05) is 17.2 Å². The zero-order valence-electron chi connectivity index (χ0n) is 14.4. The van der Waals surface area contributed by atoms with Crippen molar-refractivity contribution in [2.24, 2.45) is 0 Å². The third-order valence-corrected chi connectivity index (χ3v) is 4.47. The molecule has 0 aliphatic carbocycles. The number of benzene rings is 2. The van der Waals surface area contributed by atoms with Gasteiger partial charge in [0.05, 0.1) is 28.9 Å². The van der Waals surface area contributed by atoms with Crippen LogP contribution in [0.5, 0.6) is 5.75 Å². The van der Waals surface area contributed by atoms with Crippen LogP contribution in [0.2, 0.25) is 10.0 Å². The summed E-state index contributed by atoms with van der Waals surface area (Å²) in [5, 5.41) is 11.8. The van der Waals surface area contributed by atoms with Gasteiger partial charge in [-0.05, 0) is 49.0 Å². The van der Waals surface area contributed by atoms with Gasteiger partial charge in [-0.1, -0.05) is 41.4 Å². The third kappa shape index (κ3) is 5.32. The van der Waals surface area contributed by atoms with E-state index in [1.54, 1.807) is 23.1 Å². The van der Waals surface area contributed by atoms with Crippen molar-refractivity contribution in [3.8, 4) is 5.75 Å². The van der Waals surface area contributed by atoms with Gasteiger partial charge in [0.25, 0.3) is 0 Å². The van der Waals surface area contributed by atoms with Crippen molar-refractivity contribution >= 4 is 52.2 Å². The SMILES string of the molecule is CCOc1ccccc1NC(=S)Nc1ncn(Cc2ccc(Cl)c(Cl)c2)n1. The lowest BCUT2D eigenvalue weighted by Crippen LogP contribution is -2.20. The smallest absolute Gasteiger partial charge is 0.248 e. The first-order chi connectivity index (χ1) is 13.0. The highest BCUT2D eigenvalue weighted by molar-refractivity contribution is 7.80. The number of para-hydroxylation sites is 2. The van der Waals surface area contributed by atoms with E-state index in [2.05, 4.69) is 20.7 Å². The predicted octanol–water partition coefficient (Wildman–Crippen LogP) is 4.84. The van der Waals surface area contributed by atoms with Crippen molar-refractivity contribution in [1.82, 2.24) is 14.8 Å². The van der Waals surface area contributed by atoms with Gasteiger partial charge in [-0.15, -0.1) is 5.10 Å². The number of hydrogen-bond donors (Lipinski definition) is 2. The summed E-state index contributed by atoms with van der Waals surface area (Å²) in [7, 11) is 0. The Morgan fingerprint density at radius 3 is 2.74 bits per heavy atom. The molecule has 9 heteroatoms. The molecule has 27 heavy (non-hydrogen) atoms. The number of nitrogens with zero attached hydrogens (tertiary/aromatic N) is 3. The maximum absolute atomic E-state index is 6.04. The van der Waals surface area contributed by atoms with Gasteiger partial charge in [-0.25, -0.2) is 9.67 Å². The molecule has 1 aromatic heterocycles. The maximum atomic E-state index is 6.04. The molecule has 3 rings (SSSR count). The number of anilines is 2.